The van der Waals surface area contributed by atoms with Gasteiger partial charge in [-0.25, -0.2) is 9.97 Å². The van der Waals surface area contributed by atoms with Gasteiger partial charge in [-0.2, -0.15) is 13.2 Å². The van der Waals surface area contributed by atoms with Crippen molar-refractivity contribution in [3.8, 4) is 0 Å². The summed E-state index contributed by atoms with van der Waals surface area (Å²) >= 11 is 0. The van der Waals surface area contributed by atoms with Crippen LogP contribution in [0, 0.1) is 13.8 Å². The van der Waals surface area contributed by atoms with Gasteiger partial charge in [0.1, 0.15) is 11.5 Å². The molecule has 0 saturated carbocycles. The maximum absolute atomic E-state index is 14.5. The normalized spacial score (nSPS) is 13.5. The molecule has 1 unspecified atom stereocenters. The van der Waals surface area contributed by atoms with Gasteiger partial charge in [-0.15, -0.1) is 0 Å². The highest BCUT2D eigenvalue weighted by molar-refractivity contribution is 5.95. The number of nitrogens with zero attached hydrogens (tertiary/aromatic N) is 3. The Morgan fingerprint density at radius 3 is 2.44 bits per heavy atom. The van der Waals surface area contributed by atoms with E-state index >= 15 is 0 Å². The van der Waals surface area contributed by atoms with Crippen LogP contribution in [0.2, 0.25) is 0 Å². The molecule has 3 N–H and O–H groups in total. The zero-order chi connectivity index (χ0) is 23.7. The van der Waals surface area contributed by atoms with E-state index in [9.17, 15) is 22.8 Å². The van der Waals surface area contributed by atoms with E-state index in [4.69, 9.17) is 0 Å². The molecule has 0 aliphatic heterocycles. The molecular weight excluding hydrogens is 425 g/mol. The summed E-state index contributed by atoms with van der Waals surface area (Å²) < 4.78 is 44.1. The zero-order valence-electron chi connectivity index (χ0n) is 18.0. The zero-order valence-corrected chi connectivity index (χ0v) is 18.0. The first kappa shape index (κ1) is 23.0. The summed E-state index contributed by atoms with van der Waals surface area (Å²) in [4.78, 5) is 33.2. The number of aryl methyl sites for hydroxylation is 2. The van der Waals surface area contributed by atoms with Gasteiger partial charge >= 0.3 is 6.18 Å². The molecule has 0 spiro atoms. The lowest BCUT2D eigenvalue weighted by atomic mass is 10.1. The third kappa shape index (κ3) is 3.85. The van der Waals surface area contributed by atoms with Crippen LogP contribution in [0.1, 0.15) is 28.5 Å². The van der Waals surface area contributed by atoms with Gasteiger partial charge in [-0.05, 0) is 56.2 Å². The highest BCUT2D eigenvalue weighted by atomic mass is 19.4. The average Bonchev–Trinajstić information content (AvgIpc) is 3.09. The van der Waals surface area contributed by atoms with Crippen molar-refractivity contribution in [2.75, 3.05) is 24.2 Å². The Bertz CT molecular complexity index is 1170. The second-order valence-electron chi connectivity index (χ2n) is 7.22. The standard InChI is InChI=1S/C21H23F3N6O2/c1-5-26-17-8-6-7-14(27-17)18(32)29-20(11-31,21(22,23)24)30-16-10-13(3)12(2)9-15(16)28-19(30)25-4/h6-11H,5H2,1-4H3,(H,25,28)(H,26,27)(H,29,32). The number of carbonyl (C=O) groups is 2. The molecule has 3 rings (SSSR count). The average molecular weight is 448 g/mol. The second-order valence-corrected chi connectivity index (χ2v) is 7.22. The number of benzene rings is 1. The van der Waals surface area contributed by atoms with E-state index in [1.807, 2.05) is 12.2 Å². The first-order chi connectivity index (χ1) is 15.1. The number of nitrogens with one attached hydrogen (secondary N) is 3. The summed E-state index contributed by atoms with van der Waals surface area (Å²) in [5, 5.41) is 7.34. The number of rotatable bonds is 7. The fourth-order valence-corrected chi connectivity index (χ4v) is 3.34. The SMILES string of the molecule is CCNc1cccc(C(=O)NC(C=O)(n2c(NC)nc3cc(C)c(C)cc32)C(F)(F)F)n1. The van der Waals surface area contributed by atoms with Crippen LogP contribution in [-0.4, -0.2) is 46.5 Å². The number of aldehydes is 1. The van der Waals surface area contributed by atoms with Crippen molar-refractivity contribution in [3.63, 3.8) is 0 Å². The largest absolute Gasteiger partial charge is 0.438 e. The molecule has 0 saturated heterocycles. The number of hydrogen-bond donors (Lipinski definition) is 3. The van der Waals surface area contributed by atoms with E-state index in [0.29, 0.717) is 22.5 Å². The highest BCUT2D eigenvalue weighted by Gasteiger charge is 2.60. The van der Waals surface area contributed by atoms with Gasteiger partial charge in [-0.1, -0.05) is 6.07 Å². The van der Waals surface area contributed by atoms with Gasteiger partial charge < -0.3 is 16.0 Å². The van der Waals surface area contributed by atoms with Crippen molar-refractivity contribution in [1.29, 1.82) is 0 Å². The van der Waals surface area contributed by atoms with Crippen LogP contribution >= 0.6 is 0 Å². The van der Waals surface area contributed by atoms with Gasteiger partial charge in [0.25, 0.3) is 11.6 Å². The number of halogens is 3. The molecule has 1 aromatic carbocycles. The van der Waals surface area contributed by atoms with Crippen molar-refractivity contribution >= 4 is 35.0 Å². The molecule has 1 amide bonds. The first-order valence-corrected chi connectivity index (χ1v) is 9.82. The number of hydrogen-bond acceptors (Lipinski definition) is 6. The predicted molar refractivity (Wildman–Crippen MR) is 115 cm³/mol. The summed E-state index contributed by atoms with van der Waals surface area (Å²) in [5.74, 6) is -1.08. The molecule has 1 atom stereocenters. The number of alkyl halides is 3. The Balaban J connectivity index is 2.22. The second kappa shape index (κ2) is 8.48. The minimum atomic E-state index is -5.19. The summed E-state index contributed by atoms with van der Waals surface area (Å²) in [5.41, 5.74) is -1.89. The van der Waals surface area contributed by atoms with Crippen LogP contribution in [0.25, 0.3) is 11.0 Å². The predicted octanol–water partition coefficient (Wildman–Crippen LogP) is 3.37. The summed E-state index contributed by atoms with van der Waals surface area (Å²) in [7, 11) is 1.38. The molecular formula is C21H23F3N6O2. The number of imidazole rings is 1. The van der Waals surface area contributed by atoms with Gasteiger partial charge in [-0.3, -0.25) is 14.2 Å². The van der Waals surface area contributed by atoms with Gasteiger partial charge in [0.05, 0.1) is 11.0 Å². The quantitative estimate of drug-likeness (QED) is 0.479. The Morgan fingerprint density at radius 1 is 1.16 bits per heavy atom. The molecule has 0 bridgehead atoms. The van der Waals surface area contributed by atoms with Crippen LogP contribution in [0.15, 0.2) is 30.3 Å². The number of pyridine rings is 1. The molecule has 8 nitrogen and oxygen atoms in total. The molecule has 32 heavy (non-hydrogen) atoms. The maximum atomic E-state index is 14.5. The Hall–Kier alpha value is -3.63. The smallest absolute Gasteiger partial charge is 0.370 e. The van der Waals surface area contributed by atoms with Crippen LogP contribution in [0.3, 0.4) is 0 Å². The van der Waals surface area contributed by atoms with Gasteiger partial charge in [0, 0.05) is 13.6 Å². The van der Waals surface area contributed by atoms with Crippen molar-refractivity contribution < 1.29 is 22.8 Å². The Kier molecular flexibility index (Phi) is 6.11. The highest BCUT2D eigenvalue weighted by Crippen LogP contribution is 2.39. The number of carbonyl (C=O) groups excluding carboxylic acids is 2. The lowest BCUT2D eigenvalue weighted by Crippen LogP contribution is -2.61. The van der Waals surface area contributed by atoms with Crippen LogP contribution < -0.4 is 16.0 Å². The molecule has 11 heteroatoms. The Morgan fingerprint density at radius 2 is 1.84 bits per heavy atom. The minimum absolute atomic E-state index is 0.0385. The summed E-state index contributed by atoms with van der Waals surface area (Å²) in [6, 6.07) is 7.44. The first-order valence-electron chi connectivity index (χ1n) is 9.82. The fraction of sp³-hybridized carbons (Fsp3) is 0.333. The number of fused-ring (bicyclic) bond motifs is 1. The molecule has 170 valence electrons. The minimum Gasteiger partial charge on any atom is -0.370 e. The van der Waals surface area contributed by atoms with Crippen LogP contribution in [0.4, 0.5) is 24.9 Å². The fourth-order valence-electron chi connectivity index (χ4n) is 3.34. The van der Waals surface area contributed by atoms with E-state index in [-0.39, 0.29) is 29.0 Å². The van der Waals surface area contributed by atoms with Crippen LogP contribution in [0.5, 0.6) is 0 Å². The molecule has 3 aromatic rings. The lowest BCUT2D eigenvalue weighted by molar-refractivity contribution is -0.211. The van der Waals surface area contributed by atoms with Crippen LogP contribution in [-0.2, 0) is 10.5 Å². The van der Waals surface area contributed by atoms with Crippen molar-refractivity contribution in [2.45, 2.75) is 32.6 Å². The lowest BCUT2D eigenvalue weighted by Gasteiger charge is -2.34. The third-order valence-corrected chi connectivity index (χ3v) is 5.09. The topological polar surface area (TPSA) is 101 Å². The Labute approximate surface area is 182 Å². The van der Waals surface area contributed by atoms with Crippen molar-refractivity contribution in [3.05, 3.63) is 47.2 Å². The number of aromatic nitrogens is 3. The van der Waals surface area contributed by atoms with E-state index < -0.39 is 17.7 Å². The van der Waals surface area contributed by atoms with Crippen molar-refractivity contribution in [2.24, 2.45) is 0 Å². The summed E-state index contributed by atoms with van der Waals surface area (Å²) in [6.45, 7) is 5.84. The molecule has 2 heterocycles. The summed E-state index contributed by atoms with van der Waals surface area (Å²) in [6.07, 6.45) is -5.53. The van der Waals surface area contributed by atoms with Gasteiger partial charge in [0.2, 0.25) is 5.95 Å². The van der Waals surface area contributed by atoms with E-state index in [2.05, 4.69) is 20.6 Å². The van der Waals surface area contributed by atoms with E-state index in [1.54, 1.807) is 26.0 Å². The van der Waals surface area contributed by atoms with Gasteiger partial charge in [0.15, 0.2) is 6.29 Å². The molecule has 0 radical (unpaired) electrons. The molecule has 0 fully saturated rings. The molecule has 0 aliphatic rings. The molecule has 2 aromatic heterocycles. The molecule has 0 aliphatic carbocycles. The van der Waals surface area contributed by atoms with Crippen molar-refractivity contribution in [1.82, 2.24) is 19.9 Å². The van der Waals surface area contributed by atoms with E-state index in [1.165, 1.54) is 25.2 Å². The van der Waals surface area contributed by atoms with E-state index in [0.717, 1.165) is 5.56 Å². The third-order valence-electron chi connectivity index (χ3n) is 5.09. The number of anilines is 2. The maximum Gasteiger partial charge on any atom is 0.438 e. The monoisotopic (exact) mass is 448 g/mol. The number of amides is 1.